The molecule has 0 aromatic carbocycles. The average molecular weight is 191 g/mol. The summed E-state index contributed by atoms with van der Waals surface area (Å²) in [5, 5.41) is 0. The van der Waals surface area contributed by atoms with Gasteiger partial charge in [-0.25, -0.2) is 0 Å². The fourth-order valence-corrected chi connectivity index (χ4v) is 1.77. The summed E-state index contributed by atoms with van der Waals surface area (Å²) in [6, 6.07) is 0. The van der Waals surface area contributed by atoms with Gasteiger partial charge in [0.15, 0.2) is 0 Å². The Kier molecular flexibility index (Phi) is 7.47. The monoisotopic (exact) mass is 191 g/mol. The number of allylic oxidation sites excluding steroid dienone is 4. The molecule has 1 radical (unpaired) electrons. The van der Waals surface area contributed by atoms with Crippen molar-refractivity contribution in [3.63, 3.8) is 0 Å². The zero-order valence-corrected chi connectivity index (χ0v) is 9.25. The lowest BCUT2D eigenvalue weighted by Crippen LogP contribution is -1.80. The van der Waals surface area contributed by atoms with E-state index in [0.717, 1.165) is 12.8 Å². The third-order valence-corrected chi connectivity index (χ3v) is 2.68. The Hall–Kier alpha value is -0.520. The second-order valence-corrected chi connectivity index (χ2v) is 4.05. The highest BCUT2D eigenvalue weighted by molar-refractivity contribution is 4.92. The van der Waals surface area contributed by atoms with E-state index in [4.69, 9.17) is 0 Å². The molecule has 14 heavy (non-hydrogen) atoms. The zero-order valence-electron chi connectivity index (χ0n) is 9.25. The van der Waals surface area contributed by atoms with Crippen LogP contribution in [0.2, 0.25) is 0 Å². The van der Waals surface area contributed by atoms with Crippen molar-refractivity contribution in [1.82, 2.24) is 0 Å². The predicted octanol–water partition coefficient (Wildman–Crippen LogP) is 4.83. The van der Waals surface area contributed by atoms with E-state index in [1.807, 2.05) is 0 Å². The lowest BCUT2D eigenvalue weighted by Gasteiger charge is -1.99. The number of hydrogen-bond donors (Lipinski definition) is 0. The molecule has 1 rings (SSSR count). The van der Waals surface area contributed by atoms with Crippen molar-refractivity contribution in [2.24, 2.45) is 0 Å². The first-order chi connectivity index (χ1) is 7.00. The molecule has 0 fully saturated rings. The molecule has 79 valence electrons. The normalized spacial score (nSPS) is 21.7. The van der Waals surface area contributed by atoms with Crippen LogP contribution in [0.1, 0.15) is 57.8 Å². The molecule has 0 heterocycles. The van der Waals surface area contributed by atoms with Crippen LogP contribution in [0.3, 0.4) is 0 Å². The Morgan fingerprint density at radius 2 is 1.00 bits per heavy atom. The van der Waals surface area contributed by atoms with Gasteiger partial charge in [0, 0.05) is 0 Å². The second kappa shape index (κ2) is 9.05. The number of rotatable bonds is 0. The molecule has 0 nitrogen and oxygen atoms in total. The van der Waals surface area contributed by atoms with Crippen molar-refractivity contribution in [2.75, 3.05) is 0 Å². The molecule has 0 amide bonds. The van der Waals surface area contributed by atoms with Gasteiger partial charge in [0.05, 0.1) is 0 Å². The third-order valence-electron chi connectivity index (χ3n) is 2.68. The first-order valence-electron chi connectivity index (χ1n) is 6.12. The van der Waals surface area contributed by atoms with Crippen molar-refractivity contribution in [3.05, 3.63) is 30.7 Å². The van der Waals surface area contributed by atoms with E-state index in [9.17, 15) is 0 Å². The van der Waals surface area contributed by atoms with Gasteiger partial charge in [-0.2, -0.15) is 0 Å². The molecule has 1 aliphatic rings. The highest BCUT2D eigenvalue weighted by atomic mass is 14.0. The molecule has 0 N–H and O–H groups in total. The first kappa shape index (κ1) is 11.6. The van der Waals surface area contributed by atoms with Gasteiger partial charge in [-0.05, 0) is 44.9 Å². The summed E-state index contributed by atoms with van der Waals surface area (Å²) in [5.74, 6) is 0. The fraction of sp³-hybridized carbons (Fsp3) is 0.643. The van der Waals surface area contributed by atoms with Crippen LogP contribution >= 0.6 is 0 Å². The molecular weight excluding hydrogens is 168 g/mol. The standard InChI is InChI=1S/C14H23/c1-2-4-6-8-10-12-14-13-11-9-7-5-3-1/h1-2,5,9,11H,3-4,6-8,10,12-14H2. The first-order valence-corrected chi connectivity index (χ1v) is 6.12. The Balaban J connectivity index is 2.16. The van der Waals surface area contributed by atoms with Gasteiger partial charge in [0.25, 0.3) is 0 Å². The van der Waals surface area contributed by atoms with Crippen molar-refractivity contribution in [2.45, 2.75) is 57.8 Å². The van der Waals surface area contributed by atoms with Crippen molar-refractivity contribution in [3.8, 4) is 0 Å². The van der Waals surface area contributed by atoms with Crippen LogP contribution in [-0.2, 0) is 0 Å². The molecule has 0 spiro atoms. The predicted molar refractivity (Wildman–Crippen MR) is 64.1 cm³/mol. The van der Waals surface area contributed by atoms with Gasteiger partial charge in [-0.15, -0.1) is 0 Å². The molecule has 0 bridgehead atoms. The summed E-state index contributed by atoms with van der Waals surface area (Å²) >= 11 is 0. The van der Waals surface area contributed by atoms with E-state index in [1.165, 1.54) is 44.9 Å². The lowest BCUT2D eigenvalue weighted by molar-refractivity contribution is 0.621. The molecule has 0 atom stereocenters. The zero-order chi connectivity index (χ0) is 9.90. The third kappa shape index (κ3) is 6.94. The molecule has 0 heteroatoms. The van der Waals surface area contributed by atoms with E-state index >= 15 is 0 Å². The Morgan fingerprint density at radius 3 is 1.57 bits per heavy atom. The number of hydrogen-bond acceptors (Lipinski definition) is 0. The SMILES string of the molecule is [CH]1CC=CCCCCCCCC=CC1. The molecule has 0 aliphatic heterocycles. The van der Waals surface area contributed by atoms with Gasteiger partial charge in [-0.3, -0.25) is 0 Å². The largest absolute Gasteiger partial charge is 0.0885 e. The van der Waals surface area contributed by atoms with Crippen molar-refractivity contribution >= 4 is 0 Å². The van der Waals surface area contributed by atoms with E-state index in [1.54, 1.807) is 0 Å². The van der Waals surface area contributed by atoms with Crippen LogP contribution in [-0.4, -0.2) is 0 Å². The van der Waals surface area contributed by atoms with Crippen LogP contribution in [0.15, 0.2) is 24.3 Å². The Morgan fingerprint density at radius 1 is 0.500 bits per heavy atom. The molecule has 0 aromatic rings. The topological polar surface area (TPSA) is 0 Å². The van der Waals surface area contributed by atoms with E-state index < -0.39 is 0 Å². The summed E-state index contributed by atoms with van der Waals surface area (Å²) in [4.78, 5) is 0. The maximum Gasteiger partial charge on any atom is -0.0311 e. The molecule has 1 aliphatic carbocycles. The van der Waals surface area contributed by atoms with Crippen LogP contribution < -0.4 is 0 Å². The molecule has 0 unspecified atom stereocenters. The Labute approximate surface area is 89.1 Å². The maximum atomic E-state index is 2.35. The quantitative estimate of drug-likeness (QED) is 0.481. The summed E-state index contributed by atoms with van der Waals surface area (Å²) in [5.41, 5.74) is 0. The highest BCUT2D eigenvalue weighted by Crippen LogP contribution is 2.09. The van der Waals surface area contributed by atoms with Crippen LogP contribution in [0.25, 0.3) is 0 Å². The van der Waals surface area contributed by atoms with E-state index in [0.29, 0.717) is 0 Å². The second-order valence-electron chi connectivity index (χ2n) is 4.05. The fourth-order valence-electron chi connectivity index (χ4n) is 1.77. The van der Waals surface area contributed by atoms with Gasteiger partial charge in [0.2, 0.25) is 0 Å². The van der Waals surface area contributed by atoms with Crippen LogP contribution in [0, 0.1) is 6.42 Å². The van der Waals surface area contributed by atoms with Crippen LogP contribution in [0.4, 0.5) is 0 Å². The molecule has 0 aromatic heterocycles. The van der Waals surface area contributed by atoms with Gasteiger partial charge < -0.3 is 0 Å². The minimum absolute atomic E-state index is 1.14. The Bertz CT molecular complexity index is 147. The van der Waals surface area contributed by atoms with Gasteiger partial charge in [-0.1, -0.05) is 43.6 Å². The summed E-state index contributed by atoms with van der Waals surface area (Å²) in [6.45, 7) is 0. The van der Waals surface area contributed by atoms with Crippen molar-refractivity contribution in [1.29, 1.82) is 0 Å². The average Bonchev–Trinajstić information content (AvgIpc) is 2.22. The molecule has 0 saturated carbocycles. The van der Waals surface area contributed by atoms with Gasteiger partial charge >= 0.3 is 0 Å². The highest BCUT2D eigenvalue weighted by Gasteiger charge is 1.90. The van der Waals surface area contributed by atoms with E-state index in [2.05, 4.69) is 30.7 Å². The maximum absolute atomic E-state index is 2.35. The minimum Gasteiger partial charge on any atom is -0.0885 e. The molecule has 0 saturated heterocycles. The van der Waals surface area contributed by atoms with E-state index in [-0.39, 0.29) is 0 Å². The van der Waals surface area contributed by atoms with Crippen molar-refractivity contribution < 1.29 is 0 Å². The summed E-state index contributed by atoms with van der Waals surface area (Å²) in [6.07, 6.45) is 23.5. The van der Waals surface area contributed by atoms with Gasteiger partial charge in [0.1, 0.15) is 0 Å². The lowest BCUT2D eigenvalue weighted by atomic mass is 10.1. The minimum atomic E-state index is 1.14. The molecular formula is C14H23. The summed E-state index contributed by atoms with van der Waals surface area (Å²) in [7, 11) is 0. The summed E-state index contributed by atoms with van der Waals surface area (Å²) < 4.78 is 0. The smallest absolute Gasteiger partial charge is 0.0311 e. The van der Waals surface area contributed by atoms with Crippen LogP contribution in [0.5, 0.6) is 0 Å².